The summed E-state index contributed by atoms with van der Waals surface area (Å²) in [6.45, 7) is 0. The van der Waals surface area contributed by atoms with Crippen LogP contribution in [0.1, 0.15) is 0 Å². The van der Waals surface area contributed by atoms with E-state index in [0.717, 1.165) is 60.0 Å². The number of hydrogen-bond donors (Lipinski definition) is 0. The van der Waals surface area contributed by atoms with Gasteiger partial charge in [-0.25, -0.2) is 0 Å². The van der Waals surface area contributed by atoms with E-state index in [1.54, 1.807) is 0 Å². The normalized spacial score (nSPS) is 12.0. The van der Waals surface area contributed by atoms with Gasteiger partial charge >= 0.3 is 213 Å². The van der Waals surface area contributed by atoms with E-state index in [2.05, 4.69) is 0 Å². The Morgan fingerprint density at radius 2 is 0.310 bits per heavy atom. The van der Waals surface area contributed by atoms with E-state index < -0.39 is 21.1 Å². The van der Waals surface area contributed by atoms with Crippen LogP contribution in [0.2, 0.25) is 0 Å². The molecular weight excluding hydrogens is 503 g/mol. The molecule has 0 fully saturated rings. The van der Waals surface area contributed by atoms with E-state index in [0.29, 0.717) is 0 Å². The molecule has 0 radical (unpaired) electrons. The van der Waals surface area contributed by atoms with Crippen molar-refractivity contribution in [2.75, 3.05) is 0 Å². The Hall–Kier alpha value is -2.81. The van der Waals surface area contributed by atoms with Crippen LogP contribution in [-0.4, -0.2) is 69.2 Å². The molecule has 0 aliphatic rings. The summed E-state index contributed by atoms with van der Waals surface area (Å²) in [6, 6.07) is 0. The van der Waals surface area contributed by atoms with Gasteiger partial charge in [0.25, 0.3) is 0 Å². The Bertz CT molecular complexity index is 890. The summed E-state index contributed by atoms with van der Waals surface area (Å²) in [5.74, 6) is 0. The zero-order chi connectivity index (χ0) is 21.3. The summed E-state index contributed by atoms with van der Waals surface area (Å²) in [4.78, 5) is 0. The SMILES string of the molecule is N#[C][Co-3]([C]#N)([C]#N)([C]#N)([C]#N)[C]#N.N#[C][Co-3]([C]#N)([C]#N)([C]#N)([C]#N)[C]#N.[Mg+2].[Mg+2].[Mg+2]. The Labute approximate surface area is 211 Å². The molecule has 29 heavy (non-hydrogen) atoms. The van der Waals surface area contributed by atoms with Crippen molar-refractivity contribution in [3.8, 4) is 60.0 Å². The first kappa shape index (κ1) is 37.0. The second-order valence-corrected chi connectivity index (χ2v) is 14.0. The van der Waals surface area contributed by atoms with Crippen LogP contribution in [0.4, 0.5) is 0 Å². The molecule has 0 aromatic heterocycles. The molecule has 0 rings (SSSR count). The zero-order valence-electron chi connectivity index (χ0n) is 14.2. The predicted octanol–water partition coefficient (Wildman–Crippen LogP) is -0.946. The monoisotopic (exact) mass is 502 g/mol. The summed E-state index contributed by atoms with van der Waals surface area (Å²) in [5, 5.41) is 115. The van der Waals surface area contributed by atoms with Gasteiger partial charge in [-0.3, -0.25) is 0 Å². The fourth-order valence-corrected chi connectivity index (χ4v) is 2.06. The minimum absolute atomic E-state index is 0. The molecule has 0 heterocycles. The van der Waals surface area contributed by atoms with Crippen molar-refractivity contribution in [3.63, 3.8) is 0 Å². The molecule has 0 atom stereocenters. The van der Waals surface area contributed by atoms with Crippen LogP contribution in [0.15, 0.2) is 0 Å². The Morgan fingerprint density at radius 1 is 0.241 bits per heavy atom. The van der Waals surface area contributed by atoms with Crippen LogP contribution in [0.25, 0.3) is 0 Å². The average molecular weight is 503 g/mol. The van der Waals surface area contributed by atoms with Crippen molar-refractivity contribution in [1.82, 2.24) is 0 Å². The van der Waals surface area contributed by atoms with E-state index >= 15 is 0 Å². The van der Waals surface area contributed by atoms with Crippen molar-refractivity contribution in [1.29, 1.82) is 63.1 Å². The number of rotatable bonds is 0. The van der Waals surface area contributed by atoms with Gasteiger partial charge in [-0.15, -0.1) is 0 Å². The maximum absolute atomic E-state index is 8.58. The third-order valence-electron chi connectivity index (χ3n) is 2.24. The van der Waals surface area contributed by atoms with E-state index in [9.17, 15) is 0 Å². The predicted molar refractivity (Wildman–Crippen MR) is 84.6 cm³/mol. The van der Waals surface area contributed by atoms with Gasteiger partial charge in [-0.2, -0.15) is 0 Å². The summed E-state index contributed by atoms with van der Waals surface area (Å²) in [5.41, 5.74) is 0. The largest absolute Gasteiger partial charge is 2.00 e. The van der Waals surface area contributed by atoms with E-state index in [-0.39, 0.29) is 69.2 Å². The maximum Gasteiger partial charge on any atom is 2.00 e. The molecular formula is C12Co2Mg3N12. The van der Waals surface area contributed by atoms with Crippen molar-refractivity contribution in [3.05, 3.63) is 0 Å². The molecule has 0 unspecified atom stereocenters. The van der Waals surface area contributed by atoms with Crippen LogP contribution >= 0.6 is 0 Å². The minimum atomic E-state index is -6.03. The summed E-state index contributed by atoms with van der Waals surface area (Å²) in [7, 11) is -12.1. The second-order valence-electron chi connectivity index (χ2n) is 3.39. The average Bonchev–Trinajstić information content (AvgIpc) is 2.77. The fourth-order valence-electron chi connectivity index (χ4n) is 0.500. The standard InChI is InChI=1S/12CN.2Co.3Mg/c12*1-2;;;;;/q;;;;;;;;;;;;2*-3;3*+2. The molecule has 17 heteroatoms. The molecule has 132 valence electrons. The van der Waals surface area contributed by atoms with Gasteiger partial charge < -0.3 is 0 Å². The summed E-state index contributed by atoms with van der Waals surface area (Å²) in [6.07, 6.45) is 0. The zero-order valence-corrected chi connectivity index (χ0v) is 20.5. The molecule has 12 nitrogen and oxygen atoms in total. The molecule has 0 saturated heterocycles. The van der Waals surface area contributed by atoms with Crippen LogP contribution in [0, 0.1) is 123 Å². The van der Waals surface area contributed by atoms with Crippen LogP contribution in [0.5, 0.6) is 0 Å². The third kappa shape index (κ3) is 4.14. The molecule has 0 aromatic carbocycles. The number of nitriles is 12. The topological polar surface area (TPSA) is 285 Å². The number of hydrogen-bond acceptors (Lipinski definition) is 12. The van der Waals surface area contributed by atoms with Gasteiger partial charge in [0, 0.05) is 0 Å². The van der Waals surface area contributed by atoms with E-state index in [1.807, 2.05) is 0 Å². The first-order chi connectivity index (χ1) is 11.9. The molecule has 0 saturated carbocycles. The van der Waals surface area contributed by atoms with E-state index in [1.165, 1.54) is 0 Å². The molecule has 0 aliphatic carbocycles. The Morgan fingerprint density at radius 3 is 0.310 bits per heavy atom. The fraction of sp³-hybridized carbons (Fsp3) is 0. The second kappa shape index (κ2) is 9.60. The third-order valence-corrected chi connectivity index (χ3v) is 9.22. The molecule has 0 bridgehead atoms. The molecule has 0 amide bonds. The van der Waals surface area contributed by atoms with E-state index in [4.69, 9.17) is 63.1 Å². The quantitative estimate of drug-likeness (QED) is 0.362. The van der Waals surface area contributed by atoms with Gasteiger partial charge in [0.15, 0.2) is 0 Å². The smallest absolute Gasteiger partial charge is 2.00 e. The maximum atomic E-state index is 8.58. The summed E-state index contributed by atoms with van der Waals surface area (Å²) >= 11 is 0. The van der Waals surface area contributed by atoms with Gasteiger partial charge in [0.2, 0.25) is 0 Å². The molecule has 0 spiro atoms. The number of nitrogens with zero attached hydrogens (tertiary/aromatic N) is 12. The van der Waals surface area contributed by atoms with Gasteiger partial charge in [-0.1, -0.05) is 0 Å². The summed E-state index contributed by atoms with van der Waals surface area (Å²) < 4.78 is 0. The minimum Gasteiger partial charge on any atom is 2.00 e. The van der Waals surface area contributed by atoms with Crippen molar-refractivity contribution in [2.24, 2.45) is 0 Å². The van der Waals surface area contributed by atoms with Gasteiger partial charge in [0.1, 0.15) is 0 Å². The van der Waals surface area contributed by atoms with Crippen LogP contribution in [-0.2, 0) is 21.1 Å². The Kier molecular flexibility index (Phi) is 12.3. The van der Waals surface area contributed by atoms with Gasteiger partial charge in [-0.05, 0) is 0 Å². The molecule has 0 N–H and O–H groups in total. The van der Waals surface area contributed by atoms with Gasteiger partial charge in [0.05, 0.1) is 0 Å². The van der Waals surface area contributed by atoms with Crippen molar-refractivity contribution >= 4 is 69.2 Å². The first-order valence-electron chi connectivity index (χ1n) is 4.68. The van der Waals surface area contributed by atoms with Crippen LogP contribution in [0.3, 0.4) is 0 Å². The van der Waals surface area contributed by atoms with Crippen molar-refractivity contribution < 1.29 is 21.1 Å². The molecule has 0 aliphatic heterocycles. The first-order valence-corrected chi connectivity index (χ1v) is 10.9. The Balaban J connectivity index is -0.000000120. The van der Waals surface area contributed by atoms with Crippen LogP contribution < -0.4 is 0 Å². The van der Waals surface area contributed by atoms with Crippen molar-refractivity contribution in [2.45, 2.75) is 0 Å². The molecule has 0 aromatic rings.